The summed E-state index contributed by atoms with van der Waals surface area (Å²) in [5.74, 6) is 0. The number of aromatic nitrogens is 1. The molecule has 0 atom stereocenters. The quantitative estimate of drug-likeness (QED) is 0.603. The molecule has 0 aliphatic heterocycles. The number of rotatable bonds is 3. The van der Waals surface area contributed by atoms with Crippen LogP contribution >= 0.6 is 23.8 Å². The molecule has 0 aliphatic carbocycles. The first kappa shape index (κ1) is 16.6. The van der Waals surface area contributed by atoms with Gasteiger partial charge in [-0.2, -0.15) is 0 Å². The van der Waals surface area contributed by atoms with Gasteiger partial charge in [0.2, 0.25) is 0 Å². The Morgan fingerprint density at radius 2 is 1.50 bits per heavy atom. The molecule has 5 heteroatoms. The van der Waals surface area contributed by atoms with E-state index >= 15 is 0 Å². The molecule has 0 bridgehead atoms. The van der Waals surface area contributed by atoms with Crippen LogP contribution in [0.1, 0.15) is 11.4 Å². The van der Waals surface area contributed by atoms with E-state index in [1.165, 1.54) is 11.4 Å². The Kier molecular flexibility index (Phi) is 4.88. The molecule has 3 nitrogen and oxygen atoms in total. The number of thiocarbonyl (C=S) groups is 1. The SMILES string of the molecule is Cc1ccc(C)n1-c1ccccc1NC(=S)Nc1ccc(Cl)cc1. The summed E-state index contributed by atoms with van der Waals surface area (Å²) in [6.45, 7) is 4.18. The predicted molar refractivity (Wildman–Crippen MR) is 107 cm³/mol. The maximum Gasteiger partial charge on any atom is 0.175 e. The van der Waals surface area contributed by atoms with Gasteiger partial charge >= 0.3 is 0 Å². The van der Waals surface area contributed by atoms with E-state index < -0.39 is 0 Å². The van der Waals surface area contributed by atoms with Gasteiger partial charge in [0.1, 0.15) is 0 Å². The Labute approximate surface area is 152 Å². The zero-order chi connectivity index (χ0) is 17.1. The summed E-state index contributed by atoms with van der Waals surface area (Å²) in [6.07, 6.45) is 0. The van der Waals surface area contributed by atoms with Gasteiger partial charge in [-0.15, -0.1) is 0 Å². The highest BCUT2D eigenvalue weighted by atomic mass is 35.5. The molecule has 0 saturated heterocycles. The Morgan fingerprint density at radius 3 is 2.17 bits per heavy atom. The van der Waals surface area contributed by atoms with E-state index in [-0.39, 0.29) is 0 Å². The second kappa shape index (κ2) is 7.07. The molecule has 3 aromatic rings. The fraction of sp³-hybridized carbons (Fsp3) is 0.105. The van der Waals surface area contributed by atoms with Crippen molar-refractivity contribution in [1.29, 1.82) is 0 Å². The number of nitrogens with one attached hydrogen (secondary N) is 2. The van der Waals surface area contributed by atoms with Crippen LogP contribution in [-0.2, 0) is 0 Å². The van der Waals surface area contributed by atoms with Gasteiger partial charge < -0.3 is 15.2 Å². The number of anilines is 2. The molecule has 0 fully saturated rings. The summed E-state index contributed by atoms with van der Waals surface area (Å²) >= 11 is 11.3. The second-order valence-electron chi connectivity index (χ2n) is 5.55. The Bertz CT molecular complexity index is 849. The Morgan fingerprint density at radius 1 is 0.875 bits per heavy atom. The molecule has 0 saturated carbocycles. The van der Waals surface area contributed by atoms with E-state index in [9.17, 15) is 0 Å². The smallest absolute Gasteiger partial charge is 0.175 e. The normalized spacial score (nSPS) is 10.5. The third-order valence-corrected chi connectivity index (χ3v) is 4.22. The van der Waals surface area contributed by atoms with Gasteiger partial charge in [-0.3, -0.25) is 0 Å². The van der Waals surface area contributed by atoms with Crippen molar-refractivity contribution in [3.05, 3.63) is 77.1 Å². The molecular weight excluding hydrogens is 338 g/mol. The average Bonchev–Trinajstić information content (AvgIpc) is 2.89. The van der Waals surface area contributed by atoms with Gasteiger partial charge in [0.25, 0.3) is 0 Å². The van der Waals surface area contributed by atoms with E-state index in [1.54, 1.807) is 0 Å². The molecule has 2 aromatic carbocycles. The van der Waals surface area contributed by atoms with Crippen molar-refractivity contribution in [3.8, 4) is 5.69 Å². The molecule has 1 heterocycles. The van der Waals surface area contributed by atoms with Crippen molar-refractivity contribution in [3.63, 3.8) is 0 Å². The largest absolute Gasteiger partial charge is 0.332 e. The maximum absolute atomic E-state index is 5.91. The molecular formula is C19H18ClN3S. The fourth-order valence-corrected chi connectivity index (χ4v) is 2.99. The third-order valence-electron chi connectivity index (χ3n) is 3.77. The summed E-state index contributed by atoms with van der Waals surface area (Å²) in [5, 5.41) is 7.69. The maximum atomic E-state index is 5.91. The number of halogens is 1. The van der Waals surface area contributed by atoms with Crippen LogP contribution in [0.25, 0.3) is 5.69 Å². The van der Waals surface area contributed by atoms with Crippen LogP contribution in [0.3, 0.4) is 0 Å². The summed E-state index contributed by atoms with van der Waals surface area (Å²) in [5.41, 5.74) is 5.27. The number of para-hydroxylation sites is 2. The first-order valence-electron chi connectivity index (χ1n) is 7.62. The fourth-order valence-electron chi connectivity index (χ4n) is 2.64. The topological polar surface area (TPSA) is 29.0 Å². The zero-order valence-electron chi connectivity index (χ0n) is 13.5. The van der Waals surface area contributed by atoms with Crippen molar-refractivity contribution < 1.29 is 0 Å². The van der Waals surface area contributed by atoms with E-state index in [1.807, 2.05) is 42.5 Å². The highest BCUT2D eigenvalue weighted by Gasteiger charge is 2.09. The number of hydrogen-bond donors (Lipinski definition) is 2. The highest BCUT2D eigenvalue weighted by molar-refractivity contribution is 7.80. The Hall–Kier alpha value is -2.30. The van der Waals surface area contributed by atoms with Gasteiger partial charge in [-0.05, 0) is 74.6 Å². The van der Waals surface area contributed by atoms with Crippen LogP contribution in [0.2, 0.25) is 5.02 Å². The van der Waals surface area contributed by atoms with Crippen LogP contribution in [0.15, 0.2) is 60.7 Å². The number of nitrogens with zero attached hydrogens (tertiary/aromatic N) is 1. The molecule has 0 spiro atoms. The van der Waals surface area contributed by atoms with Crippen LogP contribution in [0, 0.1) is 13.8 Å². The Balaban J connectivity index is 1.83. The number of benzene rings is 2. The molecule has 2 N–H and O–H groups in total. The first-order valence-corrected chi connectivity index (χ1v) is 8.41. The van der Waals surface area contributed by atoms with E-state index in [4.69, 9.17) is 23.8 Å². The van der Waals surface area contributed by atoms with Gasteiger partial charge in [0, 0.05) is 22.1 Å². The molecule has 24 heavy (non-hydrogen) atoms. The van der Waals surface area contributed by atoms with Gasteiger partial charge in [0.15, 0.2) is 5.11 Å². The minimum Gasteiger partial charge on any atom is -0.332 e. The lowest BCUT2D eigenvalue weighted by atomic mass is 10.2. The third kappa shape index (κ3) is 3.61. The summed E-state index contributed by atoms with van der Waals surface area (Å²) < 4.78 is 2.20. The standard InChI is InChI=1S/C19H18ClN3S/c1-13-7-8-14(2)23(13)18-6-4-3-5-17(18)22-19(24)21-16-11-9-15(20)10-12-16/h3-12H,1-2H3,(H2,21,22,24). The van der Waals surface area contributed by atoms with Crippen LogP contribution in [0.4, 0.5) is 11.4 Å². The van der Waals surface area contributed by atoms with E-state index in [0.717, 1.165) is 17.1 Å². The lowest BCUT2D eigenvalue weighted by Gasteiger charge is -2.17. The highest BCUT2D eigenvalue weighted by Crippen LogP contribution is 2.24. The molecule has 0 amide bonds. The summed E-state index contributed by atoms with van der Waals surface area (Å²) in [4.78, 5) is 0. The van der Waals surface area contributed by atoms with E-state index in [2.05, 4.69) is 47.2 Å². The van der Waals surface area contributed by atoms with Crippen LogP contribution < -0.4 is 10.6 Å². The van der Waals surface area contributed by atoms with E-state index in [0.29, 0.717) is 10.1 Å². The summed E-state index contributed by atoms with van der Waals surface area (Å²) in [6, 6.07) is 19.8. The van der Waals surface area contributed by atoms with Crippen molar-refractivity contribution in [2.75, 3.05) is 10.6 Å². The van der Waals surface area contributed by atoms with Crippen molar-refractivity contribution in [2.45, 2.75) is 13.8 Å². The van der Waals surface area contributed by atoms with Gasteiger partial charge in [-0.1, -0.05) is 23.7 Å². The number of hydrogen-bond acceptors (Lipinski definition) is 1. The molecule has 122 valence electrons. The van der Waals surface area contributed by atoms with Gasteiger partial charge in [0.05, 0.1) is 11.4 Å². The van der Waals surface area contributed by atoms with Crippen LogP contribution in [0.5, 0.6) is 0 Å². The molecule has 0 radical (unpaired) electrons. The lowest BCUT2D eigenvalue weighted by molar-refractivity contribution is 0.968. The summed E-state index contributed by atoms with van der Waals surface area (Å²) in [7, 11) is 0. The molecule has 3 rings (SSSR count). The minimum atomic E-state index is 0.534. The lowest BCUT2D eigenvalue weighted by Crippen LogP contribution is -2.20. The molecule has 0 unspecified atom stereocenters. The van der Waals surface area contributed by atoms with Crippen molar-refractivity contribution in [2.24, 2.45) is 0 Å². The first-order chi connectivity index (χ1) is 11.5. The molecule has 1 aromatic heterocycles. The molecule has 0 aliphatic rings. The van der Waals surface area contributed by atoms with Crippen molar-refractivity contribution in [1.82, 2.24) is 4.57 Å². The predicted octanol–water partition coefficient (Wildman–Crippen LogP) is 5.56. The number of aryl methyl sites for hydroxylation is 2. The minimum absolute atomic E-state index is 0.534. The second-order valence-corrected chi connectivity index (χ2v) is 6.40. The van der Waals surface area contributed by atoms with Crippen molar-refractivity contribution >= 4 is 40.3 Å². The monoisotopic (exact) mass is 355 g/mol. The zero-order valence-corrected chi connectivity index (χ0v) is 15.1. The van der Waals surface area contributed by atoms with Crippen LogP contribution in [-0.4, -0.2) is 9.68 Å². The average molecular weight is 356 g/mol. The van der Waals surface area contributed by atoms with Gasteiger partial charge in [-0.25, -0.2) is 0 Å².